The van der Waals surface area contributed by atoms with Crippen LogP contribution in [0.25, 0.3) is 0 Å². The van der Waals surface area contributed by atoms with Crippen LogP contribution < -0.4 is 0 Å². The zero-order valence-corrected chi connectivity index (χ0v) is 14.1. The Hall–Kier alpha value is -2.19. The summed E-state index contributed by atoms with van der Waals surface area (Å²) >= 11 is 0. The summed E-state index contributed by atoms with van der Waals surface area (Å²) in [6.07, 6.45) is 4.36. The maximum absolute atomic E-state index is 12.4. The van der Waals surface area contributed by atoms with Crippen LogP contribution in [0, 0.1) is 0 Å². The minimum Gasteiger partial charge on any atom is -0.459 e. The van der Waals surface area contributed by atoms with Crippen molar-refractivity contribution in [2.75, 3.05) is 32.8 Å². The van der Waals surface area contributed by atoms with Crippen molar-refractivity contribution in [2.24, 2.45) is 0 Å². The first-order valence-corrected chi connectivity index (χ1v) is 8.79. The number of aromatic nitrogens is 2. The van der Waals surface area contributed by atoms with Crippen LogP contribution >= 0.6 is 0 Å². The van der Waals surface area contributed by atoms with E-state index in [0.717, 1.165) is 45.5 Å². The maximum atomic E-state index is 12.4. The number of carbonyl (C=O) groups is 1. The van der Waals surface area contributed by atoms with Crippen LogP contribution in [0.5, 0.6) is 0 Å². The van der Waals surface area contributed by atoms with E-state index < -0.39 is 0 Å². The minimum atomic E-state index is -0.0493. The third kappa shape index (κ3) is 3.74. The molecule has 2 fully saturated rings. The zero-order chi connectivity index (χ0) is 17.1. The monoisotopic (exact) mass is 346 g/mol. The van der Waals surface area contributed by atoms with Crippen LogP contribution in [0.3, 0.4) is 0 Å². The lowest BCUT2D eigenvalue weighted by molar-refractivity contribution is 0.0729. The van der Waals surface area contributed by atoms with Crippen LogP contribution in [0.1, 0.15) is 47.6 Å². The van der Waals surface area contributed by atoms with Gasteiger partial charge in [0.15, 0.2) is 11.6 Å². The molecule has 1 amide bonds. The van der Waals surface area contributed by atoms with Gasteiger partial charge in [-0.15, -0.1) is 0 Å². The predicted molar refractivity (Wildman–Crippen MR) is 86.7 cm³/mol. The summed E-state index contributed by atoms with van der Waals surface area (Å²) in [5, 5.41) is 4.08. The van der Waals surface area contributed by atoms with E-state index in [4.69, 9.17) is 13.7 Å². The first-order valence-electron chi connectivity index (χ1n) is 8.79. The zero-order valence-electron chi connectivity index (χ0n) is 14.1. The van der Waals surface area contributed by atoms with E-state index in [-0.39, 0.29) is 12.0 Å². The number of amides is 1. The summed E-state index contributed by atoms with van der Waals surface area (Å²) in [5.74, 6) is 1.60. The Balaban J connectivity index is 1.33. The maximum Gasteiger partial charge on any atom is 0.289 e. The van der Waals surface area contributed by atoms with Crippen molar-refractivity contribution in [1.29, 1.82) is 0 Å². The van der Waals surface area contributed by atoms with Crippen molar-refractivity contribution < 1.29 is 18.5 Å². The van der Waals surface area contributed by atoms with Gasteiger partial charge in [0, 0.05) is 32.8 Å². The molecule has 0 aromatic carbocycles. The van der Waals surface area contributed by atoms with Crippen LogP contribution in [0.4, 0.5) is 0 Å². The van der Waals surface area contributed by atoms with Crippen molar-refractivity contribution in [2.45, 2.75) is 31.9 Å². The summed E-state index contributed by atoms with van der Waals surface area (Å²) in [7, 11) is 0. The third-order valence-electron chi connectivity index (χ3n) is 4.66. The van der Waals surface area contributed by atoms with Crippen LogP contribution in [-0.4, -0.2) is 58.6 Å². The van der Waals surface area contributed by atoms with Crippen molar-refractivity contribution in [3.8, 4) is 0 Å². The Bertz CT molecular complexity index is 693. The number of ether oxygens (including phenoxy) is 1. The largest absolute Gasteiger partial charge is 0.459 e. The first kappa shape index (κ1) is 16.3. The van der Waals surface area contributed by atoms with E-state index in [2.05, 4.69) is 15.0 Å². The molecule has 2 aromatic heterocycles. The molecule has 0 bridgehead atoms. The average molecular weight is 346 g/mol. The van der Waals surface area contributed by atoms with Gasteiger partial charge in [0.05, 0.1) is 12.8 Å². The highest BCUT2D eigenvalue weighted by Crippen LogP contribution is 2.27. The molecule has 4 rings (SSSR count). The Morgan fingerprint density at radius 1 is 1.24 bits per heavy atom. The fourth-order valence-electron chi connectivity index (χ4n) is 3.32. The Morgan fingerprint density at radius 3 is 3.00 bits per heavy atom. The first-order chi connectivity index (χ1) is 12.3. The number of hydrogen-bond donors (Lipinski definition) is 0. The second-order valence-electron chi connectivity index (χ2n) is 6.45. The highest BCUT2D eigenvalue weighted by Gasteiger charge is 2.25. The second kappa shape index (κ2) is 7.37. The van der Waals surface area contributed by atoms with Gasteiger partial charge < -0.3 is 18.6 Å². The predicted octanol–water partition coefficient (Wildman–Crippen LogP) is 1.86. The Kier molecular flexibility index (Phi) is 4.80. The number of nitrogens with zero attached hydrogens (tertiary/aromatic N) is 4. The molecule has 0 radical (unpaired) electrons. The lowest BCUT2D eigenvalue weighted by atomic mass is 10.2. The standard InChI is InChI=1S/C17H22N4O4/c22-17(14-5-2-11-24-14)21-7-3-6-20(8-9-21)12-15-18-16(25-19-15)13-4-1-10-23-13/h2,5,11,13H,1,3-4,6-10,12H2. The van der Waals surface area contributed by atoms with E-state index >= 15 is 0 Å². The van der Waals surface area contributed by atoms with E-state index in [9.17, 15) is 4.79 Å². The van der Waals surface area contributed by atoms with Gasteiger partial charge in [-0.05, 0) is 31.4 Å². The van der Waals surface area contributed by atoms with E-state index in [1.54, 1.807) is 12.1 Å². The minimum absolute atomic E-state index is 0.0490. The van der Waals surface area contributed by atoms with Gasteiger partial charge in [-0.25, -0.2) is 0 Å². The summed E-state index contributed by atoms with van der Waals surface area (Å²) in [6.45, 7) is 4.44. The lowest BCUT2D eigenvalue weighted by Gasteiger charge is -2.20. The van der Waals surface area contributed by atoms with E-state index in [0.29, 0.717) is 30.6 Å². The molecule has 4 heterocycles. The van der Waals surface area contributed by atoms with Crippen molar-refractivity contribution in [3.63, 3.8) is 0 Å². The fraction of sp³-hybridized carbons (Fsp3) is 0.588. The van der Waals surface area contributed by atoms with Crippen LogP contribution in [0.2, 0.25) is 0 Å². The molecule has 0 aliphatic carbocycles. The average Bonchev–Trinajstić information content (AvgIpc) is 3.36. The number of furan rings is 1. The number of rotatable bonds is 4. The molecule has 0 saturated carbocycles. The molecule has 2 aliphatic rings. The molecule has 0 spiro atoms. The molecule has 25 heavy (non-hydrogen) atoms. The van der Waals surface area contributed by atoms with Crippen molar-refractivity contribution in [3.05, 3.63) is 35.9 Å². The van der Waals surface area contributed by atoms with Crippen molar-refractivity contribution in [1.82, 2.24) is 19.9 Å². The Morgan fingerprint density at radius 2 is 2.20 bits per heavy atom. The molecule has 0 N–H and O–H groups in total. The summed E-state index contributed by atoms with van der Waals surface area (Å²) in [6, 6.07) is 3.44. The normalized spacial score (nSPS) is 22.2. The summed E-state index contributed by atoms with van der Waals surface area (Å²) < 4.78 is 16.1. The molecule has 8 nitrogen and oxygen atoms in total. The molecular formula is C17H22N4O4. The lowest BCUT2D eigenvalue weighted by Crippen LogP contribution is -2.35. The van der Waals surface area contributed by atoms with Gasteiger partial charge in [0.25, 0.3) is 11.8 Å². The third-order valence-corrected chi connectivity index (χ3v) is 4.66. The summed E-state index contributed by atoms with van der Waals surface area (Å²) in [5.41, 5.74) is 0. The highest BCUT2D eigenvalue weighted by molar-refractivity contribution is 5.91. The fourth-order valence-corrected chi connectivity index (χ4v) is 3.32. The quantitative estimate of drug-likeness (QED) is 0.835. The van der Waals surface area contributed by atoms with Gasteiger partial charge in [-0.2, -0.15) is 4.98 Å². The highest BCUT2D eigenvalue weighted by atomic mass is 16.5. The number of carbonyl (C=O) groups excluding carboxylic acids is 1. The number of hydrogen-bond acceptors (Lipinski definition) is 7. The molecule has 134 valence electrons. The Labute approximate surface area is 145 Å². The van der Waals surface area contributed by atoms with Crippen molar-refractivity contribution >= 4 is 5.91 Å². The summed E-state index contributed by atoms with van der Waals surface area (Å²) in [4.78, 5) is 21.0. The van der Waals surface area contributed by atoms with Gasteiger partial charge in [-0.3, -0.25) is 9.69 Å². The van der Waals surface area contributed by atoms with Crippen LogP contribution in [0.15, 0.2) is 27.3 Å². The molecule has 2 saturated heterocycles. The second-order valence-corrected chi connectivity index (χ2v) is 6.45. The molecule has 2 aliphatic heterocycles. The SMILES string of the molecule is O=C(c1ccco1)N1CCCN(Cc2noc(C3CCCO3)n2)CC1. The molecule has 2 aromatic rings. The van der Waals surface area contributed by atoms with Gasteiger partial charge in [0.2, 0.25) is 0 Å². The molecule has 8 heteroatoms. The van der Waals surface area contributed by atoms with Gasteiger partial charge in [0.1, 0.15) is 6.10 Å². The van der Waals surface area contributed by atoms with E-state index in [1.165, 1.54) is 6.26 Å². The molecule has 1 unspecified atom stereocenters. The topological polar surface area (TPSA) is 84.8 Å². The molecule has 1 atom stereocenters. The van der Waals surface area contributed by atoms with Gasteiger partial charge >= 0.3 is 0 Å². The smallest absolute Gasteiger partial charge is 0.289 e. The van der Waals surface area contributed by atoms with Gasteiger partial charge in [-0.1, -0.05) is 5.16 Å². The van der Waals surface area contributed by atoms with E-state index in [1.807, 2.05) is 4.90 Å². The van der Waals surface area contributed by atoms with Crippen LogP contribution in [-0.2, 0) is 11.3 Å². The molecular weight excluding hydrogens is 324 g/mol.